The van der Waals surface area contributed by atoms with Crippen LogP contribution in [0, 0.1) is 0 Å². The van der Waals surface area contributed by atoms with Crippen LogP contribution in [0.25, 0.3) is 0 Å². The quantitative estimate of drug-likeness (QED) is 0.610. The molecular weight excluding hydrogens is 283 g/mol. The third-order valence-corrected chi connectivity index (χ3v) is 2.51. The molecule has 0 aromatic rings. The molecule has 0 aromatic carbocycles. The van der Waals surface area contributed by atoms with Gasteiger partial charge in [0.05, 0.1) is 0 Å². The van der Waals surface area contributed by atoms with Crippen LogP contribution in [-0.4, -0.2) is 23.8 Å². The van der Waals surface area contributed by atoms with Gasteiger partial charge in [-0.3, -0.25) is 0 Å². The van der Waals surface area contributed by atoms with Gasteiger partial charge in [-0.2, -0.15) is 13.2 Å². The number of alkyl halides is 3. The van der Waals surface area contributed by atoms with Gasteiger partial charge in [-0.15, -0.1) is 0 Å². The Morgan fingerprint density at radius 2 is 1.14 bits per heavy atom. The first-order chi connectivity index (χ1) is 9.77. The number of carboxylic acids is 1. The molecule has 0 fully saturated rings. The molecule has 0 aromatic heterocycles. The van der Waals surface area contributed by atoms with Gasteiger partial charge < -0.3 is 10.8 Å². The van der Waals surface area contributed by atoms with Crippen molar-refractivity contribution in [2.24, 2.45) is 5.73 Å². The Bertz CT molecular complexity index is 192. The summed E-state index contributed by atoms with van der Waals surface area (Å²) in [6, 6.07) is 0. The SMILES string of the molecule is CCCCCCC.CCCCCCN.O=C(O)C(F)(F)F. The molecule has 130 valence electrons. The van der Waals surface area contributed by atoms with Gasteiger partial charge in [0, 0.05) is 0 Å². The van der Waals surface area contributed by atoms with Gasteiger partial charge in [0.2, 0.25) is 0 Å². The molecule has 0 rings (SSSR count). The van der Waals surface area contributed by atoms with Crippen LogP contribution in [0.5, 0.6) is 0 Å². The van der Waals surface area contributed by atoms with E-state index < -0.39 is 12.1 Å². The standard InChI is InChI=1S/C7H16.C6H15N.C2HF3O2/c1-3-5-7-6-4-2;1-2-3-4-5-6-7;3-2(4,5)1(6)7/h3-7H2,1-2H3;2-7H2,1H3;(H,6,7). The molecule has 0 saturated heterocycles. The number of aliphatic carboxylic acids is 1. The molecule has 0 saturated carbocycles. The van der Waals surface area contributed by atoms with Crippen molar-refractivity contribution in [3.05, 3.63) is 0 Å². The molecule has 0 unspecified atom stereocenters. The third kappa shape index (κ3) is 32.6. The number of rotatable bonds is 8. The number of halogens is 3. The second-order valence-corrected chi connectivity index (χ2v) is 4.71. The summed E-state index contributed by atoms with van der Waals surface area (Å²) in [4.78, 5) is 8.90. The van der Waals surface area contributed by atoms with E-state index in [1.807, 2.05) is 0 Å². The van der Waals surface area contributed by atoms with Crippen LogP contribution in [0.4, 0.5) is 13.2 Å². The van der Waals surface area contributed by atoms with Crippen molar-refractivity contribution in [1.29, 1.82) is 0 Å². The molecule has 6 heteroatoms. The van der Waals surface area contributed by atoms with Gasteiger partial charge in [0.25, 0.3) is 0 Å². The highest BCUT2D eigenvalue weighted by atomic mass is 19.4. The monoisotopic (exact) mass is 315 g/mol. The summed E-state index contributed by atoms with van der Waals surface area (Å²) in [7, 11) is 0. The first-order valence-corrected chi connectivity index (χ1v) is 7.77. The van der Waals surface area contributed by atoms with E-state index in [0.29, 0.717) is 0 Å². The molecule has 0 spiro atoms. The Morgan fingerprint density at radius 1 is 0.857 bits per heavy atom. The molecule has 0 bridgehead atoms. The van der Waals surface area contributed by atoms with Crippen LogP contribution >= 0.6 is 0 Å². The lowest BCUT2D eigenvalue weighted by atomic mass is 10.2. The Hall–Kier alpha value is -0.780. The molecule has 0 heterocycles. The van der Waals surface area contributed by atoms with Gasteiger partial charge in [-0.05, 0) is 13.0 Å². The number of unbranched alkanes of at least 4 members (excludes halogenated alkanes) is 7. The highest BCUT2D eigenvalue weighted by Crippen LogP contribution is 2.13. The number of carboxylic acid groups (broad SMARTS) is 1. The second-order valence-electron chi connectivity index (χ2n) is 4.71. The first-order valence-electron chi connectivity index (χ1n) is 7.77. The van der Waals surface area contributed by atoms with Crippen molar-refractivity contribution in [2.45, 2.75) is 84.7 Å². The normalized spacial score (nSPS) is 10.0. The van der Waals surface area contributed by atoms with Crippen molar-refractivity contribution in [1.82, 2.24) is 0 Å². The van der Waals surface area contributed by atoms with Gasteiger partial charge in [-0.1, -0.05) is 72.1 Å². The molecule has 3 N–H and O–H groups in total. The molecule has 3 nitrogen and oxygen atoms in total. The van der Waals surface area contributed by atoms with Gasteiger partial charge in [0.15, 0.2) is 0 Å². The largest absolute Gasteiger partial charge is 0.490 e. The van der Waals surface area contributed by atoms with E-state index in [2.05, 4.69) is 20.8 Å². The Labute approximate surface area is 127 Å². The van der Waals surface area contributed by atoms with Gasteiger partial charge in [-0.25, -0.2) is 4.79 Å². The zero-order valence-electron chi connectivity index (χ0n) is 13.6. The maximum absolute atomic E-state index is 10.6. The van der Waals surface area contributed by atoms with Gasteiger partial charge >= 0.3 is 12.1 Å². The predicted molar refractivity (Wildman–Crippen MR) is 81.3 cm³/mol. The Morgan fingerprint density at radius 3 is 1.33 bits per heavy atom. The van der Waals surface area contributed by atoms with Crippen LogP contribution < -0.4 is 5.73 Å². The highest BCUT2D eigenvalue weighted by molar-refractivity contribution is 5.73. The van der Waals surface area contributed by atoms with Crippen molar-refractivity contribution in [2.75, 3.05) is 6.54 Å². The molecular formula is C15H32F3NO2. The highest BCUT2D eigenvalue weighted by Gasteiger charge is 2.38. The van der Waals surface area contributed by atoms with Crippen molar-refractivity contribution < 1.29 is 23.1 Å². The number of hydrogen-bond donors (Lipinski definition) is 2. The molecule has 0 aliphatic rings. The number of hydrogen-bond acceptors (Lipinski definition) is 2. The van der Waals surface area contributed by atoms with E-state index >= 15 is 0 Å². The lowest BCUT2D eigenvalue weighted by molar-refractivity contribution is -0.192. The second kappa shape index (κ2) is 19.2. The van der Waals surface area contributed by atoms with Crippen LogP contribution in [0.3, 0.4) is 0 Å². The van der Waals surface area contributed by atoms with Gasteiger partial charge in [0.1, 0.15) is 0 Å². The average molecular weight is 315 g/mol. The minimum absolute atomic E-state index is 0.861. The van der Waals surface area contributed by atoms with Crippen LogP contribution in [0.15, 0.2) is 0 Å². The van der Waals surface area contributed by atoms with E-state index in [1.165, 1.54) is 57.8 Å². The third-order valence-electron chi connectivity index (χ3n) is 2.51. The number of nitrogens with two attached hydrogens (primary N) is 1. The zero-order chi connectivity index (χ0) is 17.1. The fraction of sp³-hybridized carbons (Fsp3) is 0.933. The molecule has 0 amide bonds. The minimum Gasteiger partial charge on any atom is -0.475 e. The lowest BCUT2D eigenvalue weighted by Gasteiger charge is -1.93. The fourth-order valence-corrected chi connectivity index (χ4v) is 1.25. The maximum Gasteiger partial charge on any atom is 0.490 e. The topological polar surface area (TPSA) is 63.3 Å². The predicted octanol–water partition coefficient (Wildman–Crippen LogP) is 5.14. The maximum atomic E-state index is 10.6. The minimum atomic E-state index is -5.08. The van der Waals surface area contributed by atoms with Crippen molar-refractivity contribution in [3.8, 4) is 0 Å². The first kappa shape index (κ1) is 25.2. The van der Waals surface area contributed by atoms with Crippen molar-refractivity contribution in [3.63, 3.8) is 0 Å². The summed E-state index contributed by atoms with van der Waals surface area (Å²) in [5.41, 5.74) is 5.27. The summed E-state index contributed by atoms with van der Waals surface area (Å²) in [6.07, 6.45) is 7.09. The fourth-order valence-electron chi connectivity index (χ4n) is 1.25. The summed E-state index contributed by atoms with van der Waals surface area (Å²) in [6.45, 7) is 7.56. The Balaban J connectivity index is -0.000000231. The molecule has 0 radical (unpaired) electrons. The Kier molecular flexibility index (Phi) is 23.1. The smallest absolute Gasteiger partial charge is 0.475 e. The van der Waals surface area contributed by atoms with Crippen LogP contribution in [0.1, 0.15) is 78.6 Å². The zero-order valence-corrected chi connectivity index (χ0v) is 13.6. The molecule has 0 aliphatic heterocycles. The van der Waals surface area contributed by atoms with E-state index in [1.54, 1.807) is 0 Å². The lowest BCUT2D eigenvalue weighted by Crippen LogP contribution is -2.21. The summed E-state index contributed by atoms with van der Waals surface area (Å²) >= 11 is 0. The van der Waals surface area contributed by atoms with Crippen molar-refractivity contribution >= 4 is 5.97 Å². The van der Waals surface area contributed by atoms with E-state index in [-0.39, 0.29) is 0 Å². The van der Waals surface area contributed by atoms with E-state index in [4.69, 9.17) is 15.6 Å². The summed E-state index contributed by atoms with van der Waals surface area (Å²) in [5, 5.41) is 7.12. The van der Waals surface area contributed by atoms with E-state index in [0.717, 1.165) is 6.54 Å². The number of carbonyl (C=O) groups is 1. The average Bonchev–Trinajstić information content (AvgIpc) is 2.40. The van der Waals surface area contributed by atoms with Crippen LogP contribution in [-0.2, 0) is 4.79 Å². The molecule has 21 heavy (non-hydrogen) atoms. The molecule has 0 aliphatic carbocycles. The van der Waals surface area contributed by atoms with Crippen LogP contribution in [0.2, 0.25) is 0 Å². The molecule has 0 atom stereocenters. The van der Waals surface area contributed by atoms with E-state index in [9.17, 15) is 13.2 Å². The summed E-state index contributed by atoms with van der Waals surface area (Å²) in [5.74, 6) is -2.76. The summed E-state index contributed by atoms with van der Waals surface area (Å²) < 4.78 is 31.7.